The van der Waals surface area contributed by atoms with E-state index in [1.54, 1.807) is 0 Å². The van der Waals surface area contributed by atoms with Gasteiger partial charge in [0.15, 0.2) is 0 Å². The van der Waals surface area contributed by atoms with Crippen LogP contribution in [-0.4, -0.2) is 24.2 Å². The van der Waals surface area contributed by atoms with Crippen molar-refractivity contribution in [3.05, 3.63) is 35.4 Å². The molecule has 1 heterocycles. The van der Waals surface area contributed by atoms with Crippen molar-refractivity contribution in [3.8, 4) is 0 Å². The molecule has 1 aliphatic heterocycles. The Morgan fingerprint density at radius 3 is 3.12 bits per heavy atom. The Labute approximate surface area is 108 Å². The van der Waals surface area contributed by atoms with Crippen LogP contribution >= 0.6 is 11.8 Å². The van der Waals surface area contributed by atoms with Crippen LogP contribution in [0.2, 0.25) is 0 Å². The summed E-state index contributed by atoms with van der Waals surface area (Å²) < 4.78 is 5.86. The van der Waals surface area contributed by atoms with Gasteiger partial charge in [-0.3, -0.25) is 0 Å². The average Bonchev–Trinajstić information content (AvgIpc) is 2.34. The second-order valence-corrected chi connectivity index (χ2v) is 5.80. The van der Waals surface area contributed by atoms with Crippen LogP contribution in [0.1, 0.15) is 30.6 Å². The van der Waals surface area contributed by atoms with E-state index in [2.05, 4.69) is 31.2 Å². The molecule has 0 aromatic heterocycles. The Hall–Kier alpha value is -0.510. The van der Waals surface area contributed by atoms with Crippen LogP contribution in [0.5, 0.6) is 0 Å². The van der Waals surface area contributed by atoms with E-state index >= 15 is 0 Å². The lowest BCUT2D eigenvalue weighted by molar-refractivity contribution is 0.0588. The fourth-order valence-electron chi connectivity index (χ4n) is 2.07. The summed E-state index contributed by atoms with van der Waals surface area (Å²) in [5, 5.41) is 0. The maximum absolute atomic E-state index is 5.86. The number of ether oxygens (including phenoxy) is 1. The molecular weight excluding hydrogens is 230 g/mol. The molecule has 1 aliphatic rings. The summed E-state index contributed by atoms with van der Waals surface area (Å²) >= 11 is 1.95. The van der Waals surface area contributed by atoms with E-state index in [0.29, 0.717) is 6.04 Å². The maximum Gasteiger partial charge on any atom is 0.0918 e. The summed E-state index contributed by atoms with van der Waals surface area (Å²) in [7, 11) is 0. The molecule has 94 valence electrons. The first-order valence-corrected chi connectivity index (χ1v) is 7.45. The van der Waals surface area contributed by atoms with Gasteiger partial charge in [-0.25, -0.2) is 0 Å². The number of hydrogen-bond acceptors (Lipinski definition) is 3. The molecule has 0 spiro atoms. The standard InChI is InChI=1S/C14H21NOS/c1-11(15)7-9-17-10-14-13-5-3-2-4-12(13)6-8-16-14/h2-5,11,14H,6-10,15H2,1H3. The Morgan fingerprint density at radius 1 is 1.47 bits per heavy atom. The smallest absolute Gasteiger partial charge is 0.0918 e. The van der Waals surface area contributed by atoms with Crippen molar-refractivity contribution in [3.63, 3.8) is 0 Å². The van der Waals surface area contributed by atoms with Gasteiger partial charge >= 0.3 is 0 Å². The van der Waals surface area contributed by atoms with Crippen molar-refractivity contribution in [2.75, 3.05) is 18.1 Å². The fourth-order valence-corrected chi connectivity index (χ4v) is 3.27. The molecule has 0 aliphatic carbocycles. The summed E-state index contributed by atoms with van der Waals surface area (Å²) in [5.41, 5.74) is 8.58. The van der Waals surface area contributed by atoms with Crippen LogP contribution in [0.15, 0.2) is 24.3 Å². The van der Waals surface area contributed by atoms with Crippen LogP contribution in [-0.2, 0) is 11.2 Å². The fraction of sp³-hybridized carbons (Fsp3) is 0.571. The molecule has 0 radical (unpaired) electrons. The van der Waals surface area contributed by atoms with Gasteiger partial charge in [0.1, 0.15) is 0 Å². The van der Waals surface area contributed by atoms with Crippen molar-refractivity contribution in [1.29, 1.82) is 0 Å². The lowest BCUT2D eigenvalue weighted by atomic mass is 9.99. The first kappa shape index (κ1) is 12.9. The highest BCUT2D eigenvalue weighted by molar-refractivity contribution is 7.99. The Morgan fingerprint density at radius 2 is 2.29 bits per heavy atom. The first-order valence-electron chi connectivity index (χ1n) is 6.30. The van der Waals surface area contributed by atoms with E-state index in [9.17, 15) is 0 Å². The molecule has 0 fully saturated rings. The normalized spacial score (nSPS) is 20.9. The van der Waals surface area contributed by atoms with Gasteiger partial charge < -0.3 is 10.5 Å². The minimum atomic E-state index is 0.276. The molecule has 1 aromatic carbocycles. The van der Waals surface area contributed by atoms with Crippen LogP contribution in [0, 0.1) is 0 Å². The van der Waals surface area contributed by atoms with Gasteiger partial charge in [-0.1, -0.05) is 24.3 Å². The van der Waals surface area contributed by atoms with Crippen molar-refractivity contribution in [1.82, 2.24) is 0 Å². The van der Waals surface area contributed by atoms with Gasteiger partial charge in [0.2, 0.25) is 0 Å². The molecule has 2 N–H and O–H groups in total. The number of rotatable bonds is 5. The number of nitrogens with two attached hydrogens (primary N) is 1. The van der Waals surface area contributed by atoms with Gasteiger partial charge in [-0.05, 0) is 36.6 Å². The zero-order chi connectivity index (χ0) is 12.1. The van der Waals surface area contributed by atoms with Crippen LogP contribution < -0.4 is 5.73 Å². The number of benzene rings is 1. The molecule has 2 atom stereocenters. The second kappa shape index (κ2) is 6.43. The van der Waals surface area contributed by atoms with Crippen molar-refractivity contribution in [2.45, 2.75) is 31.9 Å². The first-order chi connectivity index (χ1) is 8.27. The van der Waals surface area contributed by atoms with E-state index in [-0.39, 0.29) is 6.10 Å². The van der Waals surface area contributed by atoms with E-state index < -0.39 is 0 Å². The predicted octanol–water partition coefficient (Wildman–Crippen LogP) is 2.77. The molecule has 2 nitrogen and oxygen atoms in total. The molecule has 3 heteroatoms. The molecule has 0 amide bonds. The van der Waals surface area contributed by atoms with Crippen LogP contribution in [0.4, 0.5) is 0 Å². The van der Waals surface area contributed by atoms with Crippen molar-refractivity contribution in [2.24, 2.45) is 5.73 Å². The van der Waals surface area contributed by atoms with Crippen molar-refractivity contribution < 1.29 is 4.74 Å². The van der Waals surface area contributed by atoms with E-state index in [0.717, 1.165) is 31.0 Å². The molecule has 1 aromatic rings. The summed E-state index contributed by atoms with van der Waals surface area (Å²) in [6, 6.07) is 8.95. The van der Waals surface area contributed by atoms with E-state index in [1.807, 2.05) is 11.8 Å². The lowest BCUT2D eigenvalue weighted by Crippen LogP contribution is -2.19. The summed E-state index contributed by atoms with van der Waals surface area (Å²) in [6.07, 6.45) is 2.41. The zero-order valence-corrected chi connectivity index (χ0v) is 11.2. The van der Waals surface area contributed by atoms with Gasteiger partial charge in [-0.15, -0.1) is 0 Å². The molecule has 17 heavy (non-hydrogen) atoms. The molecule has 2 unspecified atom stereocenters. The van der Waals surface area contributed by atoms with E-state index in [1.165, 1.54) is 11.1 Å². The Balaban J connectivity index is 1.86. The van der Waals surface area contributed by atoms with Gasteiger partial charge in [0.25, 0.3) is 0 Å². The minimum absolute atomic E-state index is 0.276. The third-order valence-corrected chi connectivity index (χ3v) is 4.14. The van der Waals surface area contributed by atoms with Gasteiger partial charge in [0, 0.05) is 11.8 Å². The predicted molar refractivity (Wildman–Crippen MR) is 74.4 cm³/mol. The highest BCUT2D eigenvalue weighted by Crippen LogP contribution is 2.29. The largest absolute Gasteiger partial charge is 0.372 e. The number of fused-ring (bicyclic) bond motifs is 1. The maximum atomic E-state index is 5.86. The summed E-state index contributed by atoms with van der Waals surface area (Å²) in [6.45, 7) is 2.92. The highest BCUT2D eigenvalue weighted by Gasteiger charge is 2.19. The minimum Gasteiger partial charge on any atom is -0.372 e. The molecule has 0 saturated heterocycles. The molecule has 0 saturated carbocycles. The van der Waals surface area contributed by atoms with Crippen LogP contribution in [0.3, 0.4) is 0 Å². The quantitative estimate of drug-likeness (QED) is 0.817. The molecule has 2 rings (SSSR count). The third-order valence-electron chi connectivity index (χ3n) is 3.08. The average molecular weight is 251 g/mol. The topological polar surface area (TPSA) is 35.2 Å². The Kier molecular flexibility index (Phi) is 4.89. The van der Waals surface area contributed by atoms with Crippen LogP contribution in [0.25, 0.3) is 0 Å². The summed E-state index contributed by atoms with van der Waals surface area (Å²) in [4.78, 5) is 0. The van der Waals surface area contributed by atoms with Crippen molar-refractivity contribution >= 4 is 11.8 Å². The number of hydrogen-bond donors (Lipinski definition) is 1. The monoisotopic (exact) mass is 251 g/mol. The SMILES string of the molecule is CC(N)CCSCC1OCCc2ccccc21. The second-order valence-electron chi connectivity index (χ2n) is 4.65. The molecule has 0 bridgehead atoms. The lowest BCUT2D eigenvalue weighted by Gasteiger charge is -2.25. The third kappa shape index (κ3) is 3.73. The zero-order valence-electron chi connectivity index (χ0n) is 10.4. The van der Waals surface area contributed by atoms with Gasteiger partial charge in [-0.2, -0.15) is 11.8 Å². The van der Waals surface area contributed by atoms with Gasteiger partial charge in [0.05, 0.1) is 12.7 Å². The highest BCUT2D eigenvalue weighted by atomic mass is 32.2. The molecular formula is C14H21NOS. The Bertz CT molecular complexity index is 354. The summed E-state index contributed by atoms with van der Waals surface area (Å²) in [5.74, 6) is 2.17. The van der Waals surface area contributed by atoms with E-state index in [4.69, 9.17) is 10.5 Å². The number of thioether (sulfide) groups is 1.